The number of rotatable bonds is 13. The number of benzene rings is 5. The van der Waals surface area contributed by atoms with Crippen LogP contribution in [0.1, 0.15) is 58.9 Å². The lowest BCUT2D eigenvalue weighted by Gasteiger charge is -2.46. The minimum atomic E-state index is -3.00. The average molecular weight is 831 g/mol. The van der Waals surface area contributed by atoms with Crippen molar-refractivity contribution < 1.29 is 28.8 Å². The number of allylic oxidation sites excluding steroid dienone is 1. The Labute approximate surface area is 361 Å². The lowest BCUT2D eigenvalue weighted by Crippen LogP contribution is -2.66. The van der Waals surface area contributed by atoms with Crippen LogP contribution in [-0.4, -0.2) is 50.1 Å². The van der Waals surface area contributed by atoms with E-state index in [9.17, 15) is 19.7 Å². The van der Waals surface area contributed by atoms with Gasteiger partial charge in [-0.3, -0.25) is 14.5 Å². The van der Waals surface area contributed by atoms with Gasteiger partial charge in [-0.25, -0.2) is 0 Å². The van der Waals surface area contributed by atoms with Crippen molar-refractivity contribution in [1.29, 1.82) is 0 Å². The van der Waals surface area contributed by atoms with Gasteiger partial charge in [-0.1, -0.05) is 130 Å². The first-order chi connectivity index (χ1) is 29.5. The molecule has 5 aromatic carbocycles. The molecule has 1 aliphatic carbocycles. The Bertz CT molecular complexity index is 2360. The van der Waals surface area contributed by atoms with Gasteiger partial charge in [0.1, 0.15) is 5.75 Å². The molecule has 312 valence electrons. The summed E-state index contributed by atoms with van der Waals surface area (Å²) < 4.78 is 14.0. The summed E-state index contributed by atoms with van der Waals surface area (Å²) in [6.07, 6.45) is 4.23. The largest absolute Gasteiger partial charge is 0.508 e. The second kappa shape index (κ2) is 17.8. The first-order valence-electron chi connectivity index (χ1n) is 21.6. The van der Waals surface area contributed by atoms with Gasteiger partial charge >= 0.3 is 7.12 Å². The number of anilines is 3. The summed E-state index contributed by atoms with van der Waals surface area (Å²) in [4.78, 5) is 30.8. The van der Waals surface area contributed by atoms with Crippen molar-refractivity contribution in [2.24, 2.45) is 17.8 Å². The quantitative estimate of drug-likeness (QED) is 0.0617. The second-order valence-electron chi connectivity index (χ2n) is 17.6. The molecule has 8 nitrogen and oxygen atoms in total. The SMILES string of the molecule is CC/C(=C\c1cccc(O)c1)CC[C@H]1OB(O)C[C@H]2C1=C(CO[Si](c1ccccc1)(c1ccccc1)C(C)(C)C)C[C@H]1C(=O)N(c3ccc(Nc4ccccc4)cc3)C(=O)[C@H]12. The van der Waals surface area contributed by atoms with Crippen LogP contribution in [0.15, 0.2) is 156 Å². The van der Waals surface area contributed by atoms with Gasteiger partial charge in [-0.15, -0.1) is 0 Å². The van der Waals surface area contributed by atoms with Gasteiger partial charge in [0.05, 0.1) is 30.2 Å². The molecule has 3 aliphatic rings. The van der Waals surface area contributed by atoms with Crippen LogP contribution in [0.4, 0.5) is 17.1 Å². The number of hydrogen-bond acceptors (Lipinski definition) is 7. The van der Waals surface area contributed by atoms with E-state index in [2.05, 4.69) is 87.6 Å². The standard InChI is InChI=1S/C51H55BN2O6Si/c1-5-35(30-36-16-15-19-41(55)31-36)24-29-46-47-37(34-59-61(51(2,3)4,42-20-11-7-12-21-42)43-22-13-8-14-23-43)32-44-48(45(47)33-52(58)60-46)50(57)54(49(44)56)40-27-25-39(26-28-40)53-38-17-9-6-10-18-38/h6-23,25-28,30-31,44-46,48,53,55,58H,5,24,29,32-34H2,1-4H3/b35-30+/t44-,45+,46-,48-/m1/s1. The lowest BCUT2D eigenvalue weighted by molar-refractivity contribution is -0.122. The lowest BCUT2D eigenvalue weighted by atomic mass is 9.58. The number of imide groups is 1. The summed E-state index contributed by atoms with van der Waals surface area (Å²) >= 11 is 0. The van der Waals surface area contributed by atoms with Crippen molar-refractivity contribution in [2.45, 2.75) is 70.8 Å². The third-order valence-corrected chi connectivity index (χ3v) is 17.8. The third-order valence-electron chi connectivity index (χ3n) is 12.8. The van der Waals surface area contributed by atoms with Crippen molar-refractivity contribution in [3.05, 3.63) is 162 Å². The molecule has 5 aromatic rings. The zero-order valence-corrected chi connectivity index (χ0v) is 36.5. The van der Waals surface area contributed by atoms with Crippen LogP contribution in [0.3, 0.4) is 0 Å². The van der Waals surface area contributed by atoms with Crippen LogP contribution in [0.5, 0.6) is 5.75 Å². The normalized spacial score (nSPS) is 20.8. The fourth-order valence-electron chi connectivity index (χ4n) is 10.0. The van der Waals surface area contributed by atoms with Crippen LogP contribution in [-0.2, 0) is 18.7 Å². The maximum absolute atomic E-state index is 14.8. The highest BCUT2D eigenvalue weighted by atomic mass is 28.4. The van der Waals surface area contributed by atoms with Gasteiger partial charge in [0.2, 0.25) is 11.8 Å². The number of para-hydroxylation sites is 1. The number of phenols is 1. The summed E-state index contributed by atoms with van der Waals surface area (Å²) in [6.45, 7) is 9.13. The average Bonchev–Trinajstić information content (AvgIpc) is 3.51. The number of aromatic hydroxyl groups is 1. The number of amides is 2. The fraction of sp³-hybridized carbons (Fsp3) is 0.294. The Morgan fingerprint density at radius 3 is 2.07 bits per heavy atom. The summed E-state index contributed by atoms with van der Waals surface area (Å²) in [6, 6.07) is 45.5. The van der Waals surface area contributed by atoms with E-state index in [0.29, 0.717) is 24.9 Å². The highest BCUT2D eigenvalue weighted by molar-refractivity contribution is 6.99. The number of nitrogens with one attached hydrogen (secondary N) is 1. The molecule has 8 rings (SSSR count). The van der Waals surface area contributed by atoms with Crippen LogP contribution >= 0.6 is 0 Å². The fourth-order valence-corrected chi connectivity index (χ4v) is 14.6. The molecule has 0 unspecified atom stereocenters. The molecule has 0 spiro atoms. The monoisotopic (exact) mass is 830 g/mol. The molecule has 2 heterocycles. The van der Waals surface area contributed by atoms with Crippen molar-refractivity contribution in [3.63, 3.8) is 0 Å². The Kier molecular flexibility index (Phi) is 12.3. The van der Waals surface area contributed by atoms with Gasteiger partial charge in [0.25, 0.3) is 8.32 Å². The van der Waals surface area contributed by atoms with Gasteiger partial charge < -0.3 is 24.5 Å². The highest BCUT2D eigenvalue weighted by Gasteiger charge is 2.58. The molecule has 2 aliphatic heterocycles. The summed E-state index contributed by atoms with van der Waals surface area (Å²) in [7, 11) is -4.10. The maximum atomic E-state index is 14.8. The first-order valence-corrected chi connectivity index (χ1v) is 23.5. The van der Waals surface area contributed by atoms with Crippen molar-refractivity contribution in [2.75, 3.05) is 16.8 Å². The molecular formula is C51H55BN2O6Si. The number of nitrogens with zero attached hydrogens (tertiary/aromatic N) is 1. The van der Waals surface area contributed by atoms with E-state index in [0.717, 1.165) is 44.9 Å². The molecule has 2 fully saturated rings. The topological polar surface area (TPSA) is 108 Å². The van der Waals surface area contributed by atoms with Gasteiger partial charge in [-0.05, 0) is 119 Å². The Morgan fingerprint density at radius 1 is 0.836 bits per heavy atom. The van der Waals surface area contributed by atoms with E-state index < -0.39 is 39.3 Å². The summed E-state index contributed by atoms with van der Waals surface area (Å²) in [5, 5.41) is 27.0. The molecule has 2 amide bonds. The van der Waals surface area contributed by atoms with Crippen LogP contribution in [0.2, 0.25) is 11.4 Å². The van der Waals surface area contributed by atoms with E-state index in [-0.39, 0.29) is 35.5 Å². The van der Waals surface area contributed by atoms with Crippen LogP contribution < -0.4 is 20.6 Å². The zero-order valence-electron chi connectivity index (χ0n) is 35.5. The van der Waals surface area contributed by atoms with E-state index in [1.54, 1.807) is 12.1 Å². The number of carbonyl (C=O) groups excluding carboxylic acids is 2. The molecule has 0 bridgehead atoms. The first kappa shape index (κ1) is 42.2. The third kappa shape index (κ3) is 8.55. The highest BCUT2D eigenvalue weighted by Crippen LogP contribution is 2.52. The van der Waals surface area contributed by atoms with Crippen molar-refractivity contribution >= 4 is 60.8 Å². The minimum Gasteiger partial charge on any atom is -0.508 e. The smallest absolute Gasteiger partial charge is 0.455 e. The molecule has 2 saturated heterocycles. The molecule has 4 atom stereocenters. The molecule has 10 heteroatoms. The van der Waals surface area contributed by atoms with E-state index in [1.165, 1.54) is 10.5 Å². The number of fused-ring (bicyclic) bond motifs is 3. The predicted octanol–water partition coefficient (Wildman–Crippen LogP) is 9.29. The number of carbonyl (C=O) groups is 2. The second-order valence-corrected chi connectivity index (χ2v) is 21.9. The van der Waals surface area contributed by atoms with Crippen molar-refractivity contribution in [3.8, 4) is 5.75 Å². The Balaban J connectivity index is 1.17. The maximum Gasteiger partial charge on any atom is 0.455 e. The number of phenolic OH excluding ortho intramolecular Hbond substituents is 1. The summed E-state index contributed by atoms with van der Waals surface area (Å²) in [5.41, 5.74) is 6.38. The van der Waals surface area contributed by atoms with Crippen LogP contribution in [0, 0.1) is 17.8 Å². The van der Waals surface area contributed by atoms with E-state index in [1.807, 2.05) is 78.9 Å². The molecule has 0 aromatic heterocycles. The molecule has 3 N–H and O–H groups in total. The van der Waals surface area contributed by atoms with Crippen molar-refractivity contribution in [1.82, 2.24) is 0 Å². The summed E-state index contributed by atoms with van der Waals surface area (Å²) in [5.74, 6) is -1.91. The minimum absolute atomic E-state index is 0.211. The van der Waals surface area contributed by atoms with Gasteiger partial charge in [0, 0.05) is 11.4 Å². The van der Waals surface area contributed by atoms with Crippen LogP contribution in [0.25, 0.3) is 6.08 Å². The Morgan fingerprint density at radius 2 is 1.46 bits per heavy atom. The van der Waals surface area contributed by atoms with Gasteiger partial charge in [-0.2, -0.15) is 0 Å². The molecular weight excluding hydrogens is 775 g/mol. The van der Waals surface area contributed by atoms with E-state index in [4.69, 9.17) is 9.08 Å². The van der Waals surface area contributed by atoms with E-state index >= 15 is 0 Å². The zero-order chi connectivity index (χ0) is 42.7. The molecule has 0 radical (unpaired) electrons. The number of hydrogen-bond donors (Lipinski definition) is 3. The molecule has 0 saturated carbocycles. The predicted molar refractivity (Wildman–Crippen MR) is 248 cm³/mol. The van der Waals surface area contributed by atoms with Gasteiger partial charge in [0.15, 0.2) is 0 Å². The molecule has 61 heavy (non-hydrogen) atoms. The Hall–Kier alpha value is -5.52.